The Kier molecular flexibility index (Phi) is 4.50. The fourth-order valence-electron chi connectivity index (χ4n) is 3.33. The van der Waals surface area contributed by atoms with Crippen molar-refractivity contribution < 1.29 is 8.42 Å². The van der Waals surface area contributed by atoms with Crippen LogP contribution >= 0.6 is 0 Å². The predicted molar refractivity (Wildman–Crippen MR) is 91.9 cm³/mol. The van der Waals surface area contributed by atoms with E-state index >= 15 is 0 Å². The summed E-state index contributed by atoms with van der Waals surface area (Å²) in [6, 6.07) is 15.3. The van der Waals surface area contributed by atoms with Gasteiger partial charge in [0, 0.05) is 12.1 Å². The van der Waals surface area contributed by atoms with Crippen molar-refractivity contribution in [3.05, 3.63) is 48.0 Å². The van der Waals surface area contributed by atoms with E-state index in [-0.39, 0.29) is 17.8 Å². The zero-order chi connectivity index (χ0) is 15.6. The Morgan fingerprint density at radius 2 is 1.95 bits per heavy atom. The van der Waals surface area contributed by atoms with Gasteiger partial charge in [-0.2, -0.15) is 0 Å². The molecular weight excluding hydrogens is 294 g/mol. The molecule has 1 heterocycles. The van der Waals surface area contributed by atoms with E-state index in [1.54, 1.807) is 0 Å². The number of benzene rings is 2. The number of fused-ring (bicyclic) bond motifs is 1. The van der Waals surface area contributed by atoms with Gasteiger partial charge >= 0.3 is 0 Å². The van der Waals surface area contributed by atoms with Gasteiger partial charge in [-0.3, -0.25) is 0 Å². The van der Waals surface area contributed by atoms with E-state index < -0.39 is 9.84 Å². The van der Waals surface area contributed by atoms with Gasteiger partial charge in [-0.1, -0.05) is 42.5 Å². The van der Waals surface area contributed by atoms with E-state index in [0.717, 1.165) is 19.3 Å². The molecule has 0 radical (unpaired) electrons. The van der Waals surface area contributed by atoms with E-state index in [1.807, 2.05) is 0 Å². The van der Waals surface area contributed by atoms with Crippen LogP contribution in [0.3, 0.4) is 0 Å². The van der Waals surface area contributed by atoms with Crippen molar-refractivity contribution in [3.63, 3.8) is 0 Å². The predicted octanol–water partition coefficient (Wildman–Crippen LogP) is 2.94. The van der Waals surface area contributed by atoms with Crippen LogP contribution in [0.25, 0.3) is 10.8 Å². The summed E-state index contributed by atoms with van der Waals surface area (Å²) in [6.07, 6.45) is 2.66. The second-order valence-electron chi connectivity index (χ2n) is 6.41. The van der Waals surface area contributed by atoms with Crippen LogP contribution in [-0.4, -0.2) is 32.0 Å². The molecule has 1 aliphatic rings. The van der Waals surface area contributed by atoms with Gasteiger partial charge < -0.3 is 5.32 Å². The third kappa shape index (κ3) is 3.87. The third-order valence-electron chi connectivity index (χ3n) is 4.34. The standard InChI is InChI=1S/C18H23NO2S/c1-14(19-18-7-4-10-22(20,21)13-18)11-15-8-9-16-5-2-3-6-17(16)12-15/h2-3,5-6,8-9,12,14,18-19H,4,7,10-11,13H2,1H3/t14-,18+/m0/s1. The molecule has 2 atom stereocenters. The van der Waals surface area contributed by atoms with Crippen LogP contribution in [0.4, 0.5) is 0 Å². The van der Waals surface area contributed by atoms with Crippen LogP contribution in [0.1, 0.15) is 25.3 Å². The molecular formula is C18H23NO2S. The molecule has 0 aliphatic carbocycles. The van der Waals surface area contributed by atoms with E-state index in [0.29, 0.717) is 5.75 Å². The monoisotopic (exact) mass is 317 g/mol. The molecule has 2 aromatic carbocycles. The van der Waals surface area contributed by atoms with Crippen LogP contribution in [0.5, 0.6) is 0 Å². The van der Waals surface area contributed by atoms with Crippen LogP contribution in [0.15, 0.2) is 42.5 Å². The summed E-state index contributed by atoms with van der Waals surface area (Å²) in [4.78, 5) is 0. The zero-order valence-corrected chi connectivity index (χ0v) is 13.8. The number of nitrogens with one attached hydrogen (secondary N) is 1. The molecule has 0 saturated carbocycles. The summed E-state index contributed by atoms with van der Waals surface area (Å²) >= 11 is 0. The van der Waals surface area contributed by atoms with Crippen LogP contribution in [0.2, 0.25) is 0 Å². The maximum Gasteiger partial charge on any atom is 0.151 e. The lowest BCUT2D eigenvalue weighted by Crippen LogP contribution is -2.44. The van der Waals surface area contributed by atoms with Gasteiger partial charge in [-0.15, -0.1) is 0 Å². The summed E-state index contributed by atoms with van der Waals surface area (Å²) in [5.74, 6) is 0.638. The molecule has 1 saturated heterocycles. The summed E-state index contributed by atoms with van der Waals surface area (Å²) in [5, 5.41) is 6.00. The van der Waals surface area contributed by atoms with Gasteiger partial charge in [0.05, 0.1) is 11.5 Å². The third-order valence-corrected chi connectivity index (χ3v) is 6.16. The van der Waals surface area contributed by atoms with Crippen LogP contribution in [0, 0.1) is 0 Å². The second kappa shape index (κ2) is 6.39. The lowest BCUT2D eigenvalue weighted by molar-refractivity contribution is 0.428. The Bertz CT molecular complexity index is 755. The highest BCUT2D eigenvalue weighted by Gasteiger charge is 2.25. The highest BCUT2D eigenvalue weighted by Crippen LogP contribution is 2.18. The Labute approximate surface area is 132 Å². The Balaban J connectivity index is 1.64. The van der Waals surface area contributed by atoms with Gasteiger partial charge in [-0.05, 0) is 42.5 Å². The number of rotatable bonds is 4. The maximum atomic E-state index is 11.7. The highest BCUT2D eigenvalue weighted by atomic mass is 32.2. The van der Waals surface area contributed by atoms with Gasteiger partial charge in [0.2, 0.25) is 0 Å². The molecule has 0 bridgehead atoms. The van der Waals surface area contributed by atoms with E-state index in [1.165, 1.54) is 16.3 Å². The quantitative estimate of drug-likeness (QED) is 0.943. The topological polar surface area (TPSA) is 46.2 Å². The van der Waals surface area contributed by atoms with Crippen molar-refractivity contribution >= 4 is 20.6 Å². The first kappa shape index (κ1) is 15.5. The molecule has 2 aromatic rings. The molecule has 1 aliphatic heterocycles. The van der Waals surface area contributed by atoms with Crippen LogP contribution in [-0.2, 0) is 16.3 Å². The number of sulfone groups is 1. The first-order valence-electron chi connectivity index (χ1n) is 7.96. The van der Waals surface area contributed by atoms with Crippen molar-refractivity contribution in [2.24, 2.45) is 0 Å². The summed E-state index contributed by atoms with van der Waals surface area (Å²) in [7, 11) is -2.84. The Morgan fingerprint density at radius 3 is 2.73 bits per heavy atom. The Morgan fingerprint density at radius 1 is 1.18 bits per heavy atom. The number of hydrogen-bond acceptors (Lipinski definition) is 3. The minimum atomic E-state index is -2.84. The fraction of sp³-hybridized carbons (Fsp3) is 0.444. The van der Waals surface area contributed by atoms with Crippen molar-refractivity contribution in [2.75, 3.05) is 11.5 Å². The van der Waals surface area contributed by atoms with Gasteiger partial charge in [0.1, 0.15) is 0 Å². The normalized spacial score (nSPS) is 22.5. The zero-order valence-electron chi connectivity index (χ0n) is 13.0. The molecule has 0 aromatic heterocycles. The average molecular weight is 317 g/mol. The molecule has 0 unspecified atom stereocenters. The minimum absolute atomic E-state index is 0.106. The second-order valence-corrected chi connectivity index (χ2v) is 8.64. The van der Waals surface area contributed by atoms with E-state index in [2.05, 4.69) is 54.7 Å². The maximum absolute atomic E-state index is 11.7. The van der Waals surface area contributed by atoms with Gasteiger partial charge in [0.15, 0.2) is 9.84 Å². The lowest BCUT2D eigenvalue weighted by atomic mass is 10.0. The van der Waals surface area contributed by atoms with Gasteiger partial charge in [0.25, 0.3) is 0 Å². The smallest absolute Gasteiger partial charge is 0.151 e. The van der Waals surface area contributed by atoms with Gasteiger partial charge in [-0.25, -0.2) is 8.42 Å². The SMILES string of the molecule is C[C@@H](Cc1ccc2ccccc2c1)N[C@@H]1CCCS(=O)(=O)C1. The molecule has 4 heteroatoms. The van der Waals surface area contributed by atoms with Crippen molar-refractivity contribution in [1.82, 2.24) is 5.32 Å². The van der Waals surface area contributed by atoms with Crippen LogP contribution < -0.4 is 5.32 Å². The summed E-state index contributed by atoms with van der Waals surface area (Å²) in [6.45, 7) is 2.14. The number of hydrogen-bond donors (Lipinski definition) is 1. The molecule has 1 N–H and O–H groups in total. The molecule has 0 amide bonds. The Hall–Kier alpha value is -1.39. The fourth-order valence-corrected chi connectivity index (χ4v) is 4.98. The van der Waals surface area contributed by atoms with Crippen molar-refractivity contribution in [1.29, 1.82) is 0 Å². The summed E-state index contributed by atoms with van der Waals surface area (Å²) in [5.41, 5.74) is 1.29. The highest BCUT2D eigenvalue weighted by molar-refractivity contribution is 7.91. The molecule has 3 nitrogen and oxygen atoms in total. The first-order chi connectivity index (χ1) is 10.5. The molecule has 22 heavy (non-hydrogen) atoms. The molecule has 1 fully saturated rings. The molecule has 3 rings (SSSR count). The van der Waals surface area contributed by atoms with Crippen molar-refractivity contribution in [3.8, 4) is 0 Å². The minimum Gasteiger partial charge on any atom is -0.310 e. The first-order valence-corrected chi connectivity index (χ1v) is 9.78. The lowest BCUT2D eigenvalue weighted by Gasteiger charge is -2.26. The van der Waals surface area contributed by atoms with E-state index in [4.69, 9.17) is 0 Å². The average Bonchev–Trinajstić information content (AvgIpc) is 2.46. The van der Waals surface area contributed by atoms with E-state index in [9.17, 15) is 8.42 Å². The molecule has 0 spiro atoms. The largest absolute Gasteiger partial charge is 0.310 e. The van der Waals surface area contributed by atoms with Crippen molar-refractivity contribution in [2.45, 2.75) is 38.3 Å². The summed E-state index contributed by atoms with van der Waals surface area (Å²) < 4.78 is 23.4. The molecule has 118 valence electrons.